The van der Waals surface area contributed by atoms with Crippen LogP contribution < -0.4 is 0 Å². The highest BCUT2D eigenvalue weighted by Crippen LogP contribution is 2.24. The lowest BCUT2D eigenvalue weighted by Crippen LogP contribution is -2.35. The maximum atomic E-state index is 13.7. The fourth-order valence-corrected chi connectivity index (χ4v) is 3.37. The molecule has 0 saturated carbocycles. The summed E-state index contributed by atoms with van der Waals surface area (Å²) in [5.41, 5.74) is 2.85. The van der Waals surface area contributed by atoms with Crippen molar-refractivity contribution in [2.75, 3.05) is 13.1 Å². The van der Waals surface area contributed by atoms with Crippen LogP contribution in [-0.2, 0) is 13.0 Å². The van der Waals surface area contributed by atoms with E-state index in [1.807, 2.05) is 6.92 Å². The Kier molecular flexibility index (Phi) is 5.06. The third kappa shape index (κ3) is 4.16. The molecular formula is C18H23F2N3. The number of imidazole rings is 1. The second-order valence-electron chi connectivity index (χ2n) is 6.49. The number of rotatable bonds is 5. The third-order valence-corrected chi connectivity index (χ3v) is 4.75. The van der Waals surface area contributed by atoms with Gasteiger partial charge in [-0.2, -0.15) is 0 Å². The van der Waals surface area contributed by atoms with E-state index in [0.29, 0.717) is 17.9 Å². The standard InChI is InChI=1S/C18H23F2N3/c1-13-18(22-12-21-13)11-23-8-2-3-14(10-23)4-5-15-6-7-16(19)9-17(15)20/h6-7,9,12,14H,2-5,8,10-11H2,1H3,(H,21,22). The monoisotopic (exact) mass is 319 g/mol. The molecule has 1 unspecified atom stereocenters. The van der Waals surface area contributed by atoms with Crippen LogP contribution in [0.4, 0.5) is 8.78 Å². The zero-order valence-electron chi connectivity index (χ0n) is 13.5. The molecule has 124 valence electrons. The normalized spacial score (nSPS) is 19.2. The molecule has 0 spiro atoms. The Bertz CT molecular complexity index is 653. The summed E-state index contributed by atoms with van der Waals surface area (Å²) in [6, 6.07) is 3.88. The maximum Gasteiger partial charge on any atom is 0.129 e. The van der Waals surface area contributed by atoms with Gasteiger partial charge in [0.15, 0.2) is 0 Å². The van der Waals surface area contributed by atoms with Gasteiger partial charge in [-0.15, -0.1) is 0 Å². The molecule has 1 aliphatic rings. The summed E-state index contributed by atoms with van der Waals surface area (Å²) in [6.07, 6.45) is 5.70. The van der Waals surface area contributed by atoms with Gasteiger partial charge in [0.1, 0.15) is 11.6 Å². The van der Waals surface area contributed by atoms with E-state index in [2.05, 4.69) is 14.9 Å². The van der Waals surface area contributed by atoms with Gasteiger partial charge in [0.25, 0.3) is 0 Å². The first-order valence-corrected chi connectivity index (χ1v) is 8.27. The van der Waals surface area contributed by atoms with Gasteiger partial charge in [-0.05, 0) is 56.7 Å². The van der Waals surface area contributed by atoms with E-state index >= 15 is 0 Å². The smallest absolute Gasteiger partial charge is 0.129 e. The second kappa shape index (κ2) is 7.21. The zero-order valence-corrected chi connectivity index (χ0v) is 13.5. The van der Waals surface area contributed by atoms with Crippen LogP contribution >= 0.6 is 0 Å². The fraction of sp³-hybridized carbons (Fsp3) is 0.500. The number of aromatic nitrogens is 2. The SMILES string of the molecule is Cc1[nH]cnc1CN1CCCC(CCc2ccc(F)cc2F)C1. The van der Waals surface area contributed by atoms with Crippen molar-refractivity contribution < 1.29 is 8.78 Å². The predicted octanol–water partition coefficient (Wildman–Crippen LogP) is 3.84. The number of aryl methyl sites for hydroxylation is 2. The van der Waals surface area contributed by atoms with Gasteiger partial charge in [0.2, 0.25) is 0 Å². The molecule has 2 aromatic rings. The number of hydrogen-bond donors (Lipinski definition) is 1. The van der Waals surface area contributed by atoms with E-state index < -0.39 is 11.6 Å². The molecular weight excluding hydrogens is 296 g/mol. The van der Waals surface area contributed by atoms with Gasteiger partial charge >= 0.3 is 0 Å². The molecule has 0 radical (unpaired) electrons. The molecule has 1 aromatic heterocycles. The summed E-state index contributed by atoms with van der Waals surface area (Å²) < 4.78 is 26.7. The number of aromatic amines is 1. The number of nitrogens with zero attached hydrogens (tertiary/aromatic N) is 2. The van der Waals surface area contributed by atoms with Crippen molar-refractivity contribution in [1.29, 1.82) is 0 Å². The highest BCUT2D eigenvalue weighted by molar-refractivity contribution is 5.18. The van der Waals surface area contributed by atoms with Crippen molar-refractivity contribution in [2.45, 2.75) is 39.2 Å². The third-order valence-electron chi connectivity index (χ3n) is 4.75. The Morgan fingerprint density at radius 1 is 1.35 bits per heavy atom. The molecule has 2 heterocycles. The number of piperidine rings is 1. The Labute approximate surface area is 135 Å². The van der Waals surface area contributed by atoms with E-state index in [1.165, 1.54) is 18.9 Å². The van der Waals surface area contributed by atoms with Crippen LogP contribution in [-0.4, -0.2) is 28.0 Å². The number of nitrogens with one attached hydrogen (secondary N) is 1. The van der Waals surface area contributed by atoms with Crippen LogP contribution in [0.2, 0.25) is 0 Å². The second-order valence-corrected chi connectivity index (χ2v) is 6.49. The van der Waals surface area contributed by atoms with Crippen LogP contribution in [0, 0.1) is 24.5 Å². The molecule has 23 heavy (non-hydrogen) atoms. The first-order chi connectivity index (χ1) is 11.1. The highest BCUT2D eigenvalue weighted by Gasteiger charge is 2.21. The summed E-state index contributed by atoms with van der Waals surface area (Å²) in [5, 5.41) is 0. The predicted molar refractivity (Wildman–Crippen MR) is 86.0 cm³/mol. The van der Waals surface area contributed by atoms with Crippen LogP contribution in [0.1, 0.15) is 36.2 Å². The number of likely N-dealkylation sites (tertiary alicyclic amines) is 1. The zero-order chi connectivity index (χ0) is 16.2. The van der Waals surface area contributed by atoms with Crippen molar-refractivity contribution >= 4 is 0 Å². The number of benzene rings is 1. The average molecular weight is 319 g/mol. The van der Waals surface area contributed by atoms with E-state index in [1.54, 1.807) is 12.4 Å². The topological polar surface area (TPSA) is 31.9 Å². The molecule has 3 nitrogen and oxygen atoms in total. The summed E-state index contributed by atoms with van der Waals surface area (Å²) in [5.74, 6) is -0.373. The molecule has 1 atom stereocenters. The lowest BCUT2D eigenvalue weighted by Gasteiger charge is -2.32. The molecule has 0 bridgehead atoms. The molecule has 0 aliphatic carbocycles. The van der Waals surface area contributed by atoms with Gasteiger partial charge in [-0.1, -0.05) is 6.07 Å². The lowest BCUT2D eigenvalue weighted by atomic mass is 9.91. The van der Waals surface area contributed by atoms with E-state index in [0.717, 1.165) is 43.5 Å². The number of H-pyrrole nitrogens is 1. The molecule has 1 saturated heterocycles. The van der Waals surface area contributed by atoms with E-state index in [9.17, 15) is 8.78 Å². The van der Waals surface area contributed by atoms with Crippen molar-refractivity contribution in [2.24, 2.45) is 5.92 Å². The maximum absolute atomic E-state index is 13.7. The minimum Gasteiger partial charge on any atom is -0.348 e. The van der Waals surface area contributed by atoms with Crippen molar-refractivity contribution in [3.05, 3.63) is 53.1 Å². The summed E-state index contributed by atoms with van der Waals surface area (Å²) >= 11 is 0. The van der Waals surface area contributed by atoms with Gasteiger partial charge in [-0.25, -0.2) is 13.8 Å². The molecule has 0 amide bonds. The van der Waals surface area contributed by atoms with Gasteiger partial charge in [0.05, 0.1) is 12.0 Å². The number of hydrogen-bond acceptors (Lipinski definition) is 2. The molecule has 3 rings (SSSR count). The average Bonchev–Trinajstić information content (AvgIpc) is 2.92. The Morgan fingerprint density at radius 3 is 2.96 bits per heavy atom. The highest BCUT2D eigenvalue weighted by atomic mass is 19.1. The van der Waals surface area contributed by atoms with Gasteiger partial charge in [0, 0.05) is 24.8 Å². The first kappa shape index (κ1) is 16.1. The molecule has 1 fully saturated rings. The minimum absolute atomic E-state index is 0.426. The number of halogens is 2. The largest absolute Gasteiger partial charge is 0.348 e. The summed E-state index contributed by atoms with van der Waals surface area (Å²) in [4.78, 5) is 9.91. The van der Waals surface area contributed by atoms with Gasteiger partial charge < -0.3 is 4.98 Å². The lowest BCUT2D eigenvalue weighted by molar-refractivity contribution is 0.160. The molecule has 1 aromatic carbocycles. The Morgan fingerprint density at radius 2 is 2.22 bits per heavy atom. The van der Waals surface area contributed by atoms with E-state index in [-0.39, 0.29) is 0 Å². The first-order valence-electron chi connectivity index (χ1n) is 8.27. The quantitative estimate of drug-likeness (QED) is 0.908. The van der Waals surface area contributed by atoms with Crippen LogP contribution in [0.5, 0.6) is 0 Å². The van der Waals surface area contributed by atoms with Crippen LogP contribution in [0.3, 0.4) is 0 Å². The minimum atomic E-state index is -0.510. The Balaban J connectivity index is 1.53. The van der Waals surface area contributed by atoms with Crippen LogP contribution in [0.25, 0.3) is 0 Å². The fourth-order valence-electron chi connectivity index (χ4n) is 3.37. The summed E-state index contributed by atoms with van der Waals surface area (Å²) in [6.45, 7) is 5.03. The molecule has 5 heteroatoms. The molecule has 1 aliphatic heterocycles. The summed E-state index contributed by atoms with van der Waals surface area (Å²) in [7, 11) is 0. The van der Waals surface area contributed by atoms with Crippen molar-refractivity contribution in [3.63, 3.8) is 0 Å². The molecule has 1 N–H and O–H groups in total. The van der Waals surface area contributed by atoms with Crippen molar-refractivity contribution in [3.8, 4) is 0 Å². The van der Waals surface area contributed by atoms with E-state index in [4.69, 9.17) is 0 Å². The van der Waals surface area contributed by atoms with Crippen LogP contribution in [0.15, 0.2) is 24.5 Å². The Hall–Kier alpha value is -1.75. The van der Waals surface area contributed by atoms with Crippen molar-refractivity contribution in [1.82, 2.24) is 14.9 Å². The van der Waals surface area contributed by atoms with Gasteiger partial charge in [-0.3, -0.25) is 4.90 Å².